The van der Waals surface area contributed by atoms with E-state index in [1.165, 1.54) is 0 Å². The summed E-state index contributed by atoms with van der Waals surface area (Å²) in [7, 11) is 0. The van der Waals surface area contributed by atoms with Crippen molar-refractivity contribution in [1.29, 1.82) is 0 Å². The van der Waals surface area contributed by atoms with Crippen molar-refractivity contribution in [2.24, 2.45) is 0 Å². The van der Waals surface area contributed by atoms with Gasteiger partial charge in [-0.2, -0.15) is 0 Å². The first-order chi connectivity index (χ1) is 6.31. The third-order valence-corrected chi connectivity index (χ3v) is 2.58. The lowest BCUT2D eigenvalue weighted by atomic mass is 10.1. The maximum Gasteiger partial charge on any atom is 0.130 e. The normalized spacial score (nSPS) is 22.2. The molecule has 2 nitrogen and oxygen atoms in total. The van der Waals surface area contributed by atoms with Crippen LogP contribution in [0.3, 0.4) is 0 Å². The zero-order chi connectivity index (χ0) is 9.26. The Labute approximate surface area is 82.1 Å². The molecule has 1 aromatic carbocycles. The minimum absolute atomic E-state index is 0.171. The van der Waals surface area contributed by atoms with Gasteiger partial charge >= 0.3 is 0 Å². The van der Waals surface area contributed by atoms with Crippen LogP contribution in [0.1, 0.15) is 5.56 Å². The van der Waals surface area contributed by atoms with E-state index >= 15 is 0 Å². The van der Waals surface area contributed by atoms with E-state index in [1.807, 2.05) is 24.3 Å². The average molecular weight is 199 g/mol. The van der Waals surface area contributed by atoms with Gasteiger partial charge < -0.3 is 9.84 Å². The molecule has 0 aliphatic carbocycles. The molecule has 0 saturated carbocycles. The molecule has 1 aromatic rings. The minimum Gasteiger partial charge on any atom is -0.487 e. The Hall–Kier alpha value is -0.730. The van der Waals surface area contributed by atoms with Gasteiger partial charge in [0.25, 0.3) is 0 Å². The van der Waals surface area contributed by atoms with Gasteiger partial charge in [0.2, 0.25) is 0 Å². The first kappa shape index (κ1) is 8.85. The van der Waals surface area contributed by atoms with E-state index < -0.39 is 6.10 Å². The zero-order valence-corrected chi connectivity index (χ0v) is 7.87. The fourth-order valence-electron chi connectivity index (χ4n) is 1.52. The number of ether oxygens (including phenoxy) is 1. The summed E-state index contributed by atoms with van der Waals surface area (Å²) in [4.78, 5) is 0. The molecule has 1 aliphatic heterocycles. The van der Waals surface area contributed by atoms with Crippen LogP contribution < -0.4 is 4.74 Å². The molecule has 0 spiro atoms. The summed E-state index contributed by atoms with van der Waals surface area (Å²) in [6, 6.07) is 7.82. The van der Waals surface area contributed by atoms with Crippen molar-refractivity contribution in [1.82, 2.24) is 0 Å². The van der Waals surface area contributed by atoms with Gasteiger partial charge in [-0.3, -0.25) is 0 Å². The summed E-state index contributed by atoms with van der Waals surface area (Å²) < 4.78 is 5.53. The summed E-state index contributed by atoms with van der Waals surface area (Å²) in [5.41, 5.74) is 1.15. The maximum absolute atomic E-state index is 9.47. The highest BCUT2D eigenvalue weighted by Crippen LogP contribution is 2.29. The molecule has 2 unspecified atom stereocenters. The number of alkyl halides is 1. The van der Waals surface area contributed by atoms with E-state index in [9.17, 15) is 5.11 Å². The number of fused-ring (bicyclic) bond motifs is 1. The number of benzene rings is 1. The molecular formula is C10H11ClO2. The summed E-state index contributed by atoms with van der Waals surface area (Å²) in [5.74, 6) is 1.09. The number of hydrogen-bond donors (Lipinski definition) is 1. The maximum atomic E-state index is 9.47. The second-order valence-corrected chi connectivity index (χ2v) is 3.50. The standard InChI is InChI=1S/C10H11ClO2/c11-6-8(12)10-5-7-3-1-2-4-9(7)13-10/h1-4,8,10,12H,5-6H2. The SMILES string of the molecule is OC(CCl)C1Cc2ccccc2O1. The van der Waals surface area contributed by atoms with Crippen LogP contribution in [0.25, 0.3) is 0 Å². The quantitative estimate of drug-likeness (QED) is 0.732. The number of hydrogen-bond acceptors (Lipinski definition) is 2. The van der Waals surface area contributed by atoms with Crippen LogP contribution in [0, 0.1) is 0 Å². The Bertz CT molecular complexity index is 276. The second-order valence-electron chi connectivity index (χ2n) is 3.19. The molecule has 0 aromatic heterocycles. The molecule has 3 heteroatoms. The third kappa shape index (κ3) is 1.64. The van der Waals surface area contributed by atoms with Gasteiger partial charge in [-0.05, 0) is 11.6 Å². The molecule has 0 bridgehead atoms. The summed E-state index contributed by atoms with van der Waals surface area (Å²) in [6.45, 7) is 0. The van der Waals surface area contributed by atoms with E-state index in [1.54, 1.807) is 0 Å². The van der Waals surface area contributed by atoms with Crippen molar-refractivity contribution in [2.75, 3.05) is 5.88 Å². The van der Waals surface area contributed by atoms with Gasteiger partial charge in [-0.25, -0.2) is 0 Å². The first-order valence-electron chi connectivity index (χ1n) is 4.30. The van der Waals surface area contributed by atoms with Gasteiger partial charge in [-0.15, -0.1) is 11.6 Å². The van der Waals surface area contributed by atoms with E-state index in [-0.39, 0.29) is 12.0 Å². The van der Waals surface area contributed by atoms with Crippen LogP contribution in [0.15, 0.2) is 24.3 Å². The Morgan fingerprint density at radius 3 is 3.00 bits per heavy atom. The smallest absolute Gasteiger partial charge is 0.130 e. The van der Waals surface area contributed by atoms with Gasteiger partial charge in [-0.1, -0.05) is 18.2 Å². The van der Waals surface area contributed by atoms with Crippen molar-refractivity contribution in [3.63, 3.8) is 0 Å². The Kier molecular flexibility index (Phi) is 2.42. The molecule has 0 saturated heterocycles. The minimum atomic E-state index is -0.575. The molecular weight excluding hydrogens is 188 g/mol. The highest BCUT2D eigenvalue weighted by atomic mass is 35.5. The number of aliphatic hydroxyl groups is 1. The lowest BCUT2D eigenvalue weighted by molar-refractivity contribution is 0.0655. The number of para-hydroxylation sites is 1. The number of rotatable bonds is 2. The lowest BCUT2D eigenvalue weighted by Crippen LogP contribution is -2.31. The van der Waals surface area contributed by atoms with Crippen molar-refractivity contribution < 1.29 is 9.84 Å². The van der Waals surface area contributed by atoms with Gasteiger partial charge in [0.1, 0.15) is 18.0 Å². The van der Waals surface area contributed by atoms with Crippen LogP contribution >= 0.6 is 11.6 Å². The summed E-state index contributed by atoms with van der Waals surface area (Å²) in [6.07, 6.45) is 0.00770. The molecule has 1 aliphatic rings. The Balaban J connectivity index is 2.14. The van der Waals surface area contributed by atoms with Crippen molar-refractivity contribution in [3.05, 3.63) is 29.8 Å². The molecule has 0 radical (unpaired) electrons. The van der Waals surface area contributed by atoms with Crippen LogP contribution in [-0.2, 0) is 6.42 Å². The van der Waals surface area contributed by atoms with Crippen molar-refractivity contribution >= 4 is 11.6 Å². The average Bonchev–Trinajstić information content (AvgIpc) is 2.59. The fourth-order valence-corrected chi connectivity index (χ4v) is 1.72. The molecule has 2 rings (SSSR count). The highest BCUT2D eigenvalue weighted by Gasteiger charge is 2.27. The fraction of sp³-hybridized carbons (Fsp3) is 0.400. The molecule has 0 amide bonds. The molecule has 2 atom stereocenters. The summed E-state index contributed by atoms with van der Waals surface area (Å²) >= 11 is 5.54. The first-order valence-corrected chi connectivity index (χ1v) is 4.83. The highest BCUT2D eigenvalue weighted by molar-refractivity contribution is 6.18. The monoisotopic (exact) mass is 198 g/mol. The molecule has 70 valence electrons. The van der Waals surface area contributed by atoms with Crippen LogP contribution in [0.4, 0.5) is 0 Å². The third-order valence-electron chi connectivity index (χ3n) is 2.26. The van der Waals surface area contributed by atoms with Gasteiger partial charge in [0.15, 0.2) is 0 Å². The molecule has 1 heterocycles. The zero-order valence-electron chi connectivity index (χ0n) is 7.11. The molecule has 13 heavy (non-hydrogen) atoms. The number of halogens is 1. The van der Waals surface area contributed by atoms with Crippen LogP contribution in [0.5, 0.6) is 5.75 Å². The topological polar surface area (TPSA) is 29.5 Å². The van der Waals surface area contributed by atoms with E-state index in [4.69, 9.17) is 16.3 Å². The Morgan fingerprint density at radius 1 is 1.54 bits per heavy atom. The van der Waals surface area contributed by atoms with Crippen LogP contribution in [0.2, 0.25) is 0 Å². The van der Waals surface area contributed by atoms with E-state index in [0.29, 0.717) is 0 Å². The second kappa shape index (κ2) is 3.56. The predicted octanol–water partition coefficient (Wildman–Crippen LogP) is 1.59. The van der Waals surface area contributed by atoms with E-state index in [2.05, 4.69) is 0 Å². The van der Waals surface area contributed by atoms with Crippen molar-refractivity contribution in [3.8, 4) is 5.75 Å². The van der Waals surface area contributed by atoms with Crippen molar-refractivity contribution in [2.45, 2.75) is 18.6 Å². The van der Waals surface area contributed by atoms with Gasteiger partial charge in [0.05, 0.1) is 5.88 Å². The van der Waals surface area contributed by atoms with Crippen LogP contribution in [-0.4, -0.2) is 23.2 Å². The molecule has 1 N–H and O–H groups in total. The largest absolute Gasteiger partial charge is 0.487 e. The Morgan fingerprint density at radius 2 is 2.31 bits per heavy atom. The number of aliphatic hydroxyl groups excluding tert-OH is 1. The van der Waals surface area contributed by atoms with Gasteiger partial charge in [0, 0.05) is 6.42 Å². The lowest BCUT2D eigenvalue weighted by Gasteiger charge is -2.14. The van der Waals surface area contributed by atoms with E-state index in [0.717, 1.165) is 17.7 Å². The predicted molar refractivity (Wildman–Crippen MR) is 51.3 cm³/mol. The summed E-state index contributed by atoms with van der Waals surface area (Å²) in [5, 5.41) is 9.47. The molecule has 0 fully saturated rings.